The van der Waals surface area contributed by atoms with Crippen LogP contribution in [-0.4, -0.2) is 52.7 Å². The van der Waals surface area contributed by atoms with Gasteiger partial charge in [0.05, 0.1) is 17.6 Å². The van der Waals surface area contributed by atoms with Crippen molar-refractivity contribution in [2.24, 2.45) is 11.8 Å². The Morgan fingerprint density at radius 3 is 2.85 bits per heavy atom. The van der Waals surface area contributed by atoms with Crippen LogP contribution in [0, 0.1) is 11.8 Å². The molecule has 1 aliphatic rings. The van der Waals surface area contributed by atoms with E-state index in [0.717, 1.165) is 75.8 Å². The lowest BCUT2D eigenvalue weighted by molar-refractivity contribution is -0.137. The number of carbonyl (C=O) groups is 1. The van der Waals surface area contributed by atoms with Gasteiger partial charge in [0, 0.05) is 42.5 Å². The summed E-state index contributed by atoms with van der Waals surface area (Å²) in [7, 11) is 1.69. The van der Waals surface area contributed by atoms with Crippen molar-refractivity contribution in [1.82, 2.24) is 14.9 Å². The average Bonchev–Trinajstić information content (AvgIpc) is 3.37. The number of benzene rings is 1. The van der Waals surface area contributed by atoms with Crippen LogP contribution in [0.4, 0.5) is 0 Å². The van der Waals surface area contributed by atoms with Gasteiger partial charge in [-0.25, -0.2) is 4.98 Å². The van der Waals surface area contributed by atoms with Crippen molar-refractivity contribution in [2.75, 3.05) is 26.7 Å². The number of likely N-dealkylation sites (tertiary alicyclic amines) is 1. The van der Waals surface area contributed by atoms with Gasteiger partial charge in [0.1, 0.15) is 5.75 Å². The average molecular weight is 482 g/mol. The third-order valence-corrected chi connectivity index (χ3v) is 7.95. The van der Waals surface area contributed by atoms with Gasteiger partial charge in [-0.1, -0.05) is 0 Å². The van der Waals surface area contributed by atoms with E-state index < -0.39 is 5.97 Å². The van der Waals surface area contributed by atoms with E-state index in [4.69, 9.17) is 4.74 Å². The highest BCUT2D eigenvalue weighted by Gasteiger charge is 2.29. The van der Waals surface area contributed by atoms with E-state index in [0.29, 0.717) is 11.8 Å². The fourth-order valence-corrected chi connectivity index (χ4v) is 5.95. The maximum atomic E-state index is 11.3. The predicted molar refractivity (Wildman–Crippen MR) is 137 cm³/mol. The summed E-state index contributed by atoms with van der Waals surface area (Å²) in [6.45, 7) is 3.20. The third-order valence-electron chi connectivity index (χ3n) is 7.11. The molecule has 1 N–H and O–H groups in total. The molecule has 6 nitrogen and oxygen atoms in total. The summed E-state index contributed by atoms with van der Waals surface area (Å²) in [5, 5.41) is 13.7. The summed E-state index contributed by atoms with van der Waals surface area (Å²) in [5.41, 5.74) is 2.31. The zero-order valence-corrected chi connectivity index (χ0v) is 20.8. The molecule has 1 aliphatic heterocycles. The first-order chi connectivity index (χ1) is 16.6. The molecule has 1 aromatic carbocycles. The molecule has 0 amide bonds. The second-order valence-electron chi connectivity index (χ2n) is 9.32. The second kappa shape index (κ2) is 12.3. The number of methoxy groups -OCH3 is 1. The Hall–Kier alpha value is -2.51. The normalized spacial score (nSPS) is 18.9. The van der Waals surface area contributed by atoms with Crippen LogP contribution < -0.4 is 4.74 Å². The Morgan fingerprint density at radius 1 is 1.15 bits per heavy atom. The van der Waals surface area contributed by atoms with E-state index in [1.807, 2.05) is 29.9 Å². The number of aromatic nitrogens is 2. The molecule has 0 bridgehead atoms. The number of aryl methyl sites for hydroxylation is 2. The molecule has 34 heavy (non-hydrogen) atoms. The predicted octanol–water partition coefficient (Wildman–Crippen LogP) is 5.46. The number of hydrogen-bond acceptors (Lipinski definition) is 6. The van der Waals surface area contributed by atoms with Crippen LogP contribution in [0.1, 0.15) is 49.1 Å². The minimum atomic E-state index is -0.683. The number of carboxylic acid groups (broad SMARTS) is 1. The number of pyridine rings is 1. The van der Waals surface area contributed by atoms with Crippen molar-refractivity contribution >= 4 is 28.2 Å². The lowest BCUT2D eigenvalue weighted by atomic mass is 9.79. The van der Waals surface area contributed by atoms with Gasteiger partial charge in [-0.05, 0) is 93.3 Å². The van der Waals surface area contributed by atoms with Gasteiger partial charge < -0.3 is 14.7 Å². The first kappa shape index (κ1) is 24.6. The Kier molecular flexibility index (Phi) is 8.88. The van der Waals surface area contributed by atoms with E-state index in [1.54, 1.807) is 18.4 Å². The van der Waals surface area contributed by atoms with Crippen molar-refractivity contribution in [3.63, 3.8) is 0 Å². The van der Waals surface area contributed by atoms with Crippen LogP contribution in [-0.2, 0) is 17.6 Å². The van der Waals surface area contributed by atoms with Gasteiger partial charge in [-0.3, -0.25) is 9.78 Å². The zero-order valence-electron chi connectivity index (χ0n) is 20.0. The van der Waals surface area contributed by atoms with Crippen LogP contribution in [0.5, 0.6) is 5.75 Å². The molecule has 2 atom stereocenters. The molecule has 2 aromatic heterocycles. The van der Waals surface area contributed by atoms with Gasteiger partial charge in [0.15, 0.2) is 0 Å². The number of rotatable bonds is 12. The fraction of sp³-hybridized carbons (Fsp3) is 0.519. The van der Waals surface area contributed by atoms with Crippen molar-refractivity contribution < 1.29 is 14.6 Å². The van der Waals surface area contributed by atoms with E-state index >= 15 is 0 Å². The quantitative estimate of drug-likeness (QED) is 0.370. The fourth-order valence-electron chi connectivity index (χ4n) is 5.29. The molecule has 0 radical (unpaired) electrons. The van der Waals surface area contributed by atoms with Crippen LogP contribution in [0.15, 0.2) is 42.0 Å². The van der Waals surface area contributed by atoms with Gasteiger partial charge in [0.25, 0.3) is 0 Å². The molecular weight excluding hydrogens is 446 g/mol. The number of thiazole rings is 1. The Labute approximate surface area is 206 Å². The van der Waals surface area contributed by atoms with Gasteiger partial charge in [0.2, 0.25) is 0 Å². The summed E-state index contributed by atoms with van der Waals surface area (Å²) < 4.78 is 5.41. The number of aliphatic carboxylic acids is 1. The smallest absolute Gasteiger partial charge is 0.303 e. The Bertz CT molecular complexity index is 1060. The largest absolute Gasteiger partial charge is 0.497 e. The molecule has 182 valence electrons. The summed E-state index contributed by atoms with van der Waals surface area (Å²) in [6.07, 6.45) is 11.4. The third kappa shape index (κ3) is 6.76. The molecule has 0 saturated carbocycles. The highest BCUT2D eigenvalue weighted by molar-refractivity contribution is 7.09. The van der Waals surface area contributed by atoms with Crippen LogP contribution >= 0.6 is 11.3 Å². The highest BCUT2D eigenvalue weighted by Crippen LogP contribution is 2.32. The number of carboxylic acids is 1. The standard InChI is InChI=1S/C27H35N3O3S/c1-33-23-8-9-25-24(18-23)21(11-13-28-25)5-2-4-20-12-16-30(19-22(20)7-10-27(31)32)15-3-6-26-29-14-17-34-26/h8-9,11,13-14,17-18,20,22H,2-7,10,12,15-16,19H2,1H3,(H,31,32)/t20-,22+/m1/s1. The number of hydrogen-bond donors (Lipinski definition) is 1. The van der Waals surface area contributed by atoms with E-state index in [9.17, 15) is 9.90 Å². The van der Waals surface area contributed by atoms with Crippen LogP contribution in [0.2, 0.25) is 0 Å². The van der Waals surface area contributed by atoms with E-state index in [2.05, 4.69) is 27.0 Å². The molecule has 0 spiro atoms. The first-order valence-corrected chi connectivity index (χ1v) is 13.2. The van der Waals surface area contributed by atoms with Crippen molar-refractivity contribution in [2.45, 2.75) is 51.4 Å². The number of fused-ring (bicyclic) bond motifs is 1. The number of ether oxygens (including phenoxy) is 1. The Balaban J connectivity index is 1.32. The molecule has 3 heterocycles. The summed E-state index contributed by atoms with van der Waals surface area (Å²) in [5.74, 6) is 1.23. The second-order valence-corrected chi connectivity index (χ2v) is 10.3. The number of piperidine rings is 1. The van der Waals surface area contributed by atoms with Gasteiger partial charge in [-0.2, -0.15) is 0 Å². The zero-order chi connectivity index (χ0) is 23.8. The van der Waals surface area contributed by atoms with E-state index in [-0.39, 0.29) is 6.42 Å². The maximum absolute atomic E-state index is 11.3. The molecule has 0 aliphatic carbocycles. The molecule has 0 unspecified atom stereocenters. The van der Waals surface area contributed by atoms with Crippen molar-refractivity contribution in [3.05, 3.63) is 52.6 Å². The topological polar surface area (TPSA) is 75.5 Å². The molecule has 1 fully saturated rings. The molecule has 7 heteroatoms. The SMILES string of the molecule is COc1ccc2nccc(CCC[C@@H]3CCN(CCCc4nccs4)C[C@@H]3CCC(=O)O)c2c1. The summed E-state index contributed by atoms with van der Waals surface area (Å²) in [4.78, 5) is 22.7. The molecule has 4 rings (SSSR count). The number of nitrogens with zero attached hydrogens (tertiary/aromatic N) is 3. The van der Waals surface area contributed by atoms with Crippen LogP contribution in [0.25, 0.3) is 10.9 Å². The van der Waals surface area contributed by atoms with Crippen molar-refractivity contribution in [3.8, 4) is 5.75 Å². The lowest BCUT2D eigenvalue weighted by Gasteiger charge is -2.39. The van der Waals surface area contributed by atoms with E-state index in [1.165, 1.54) is 16.0 Å². The first-order valence-electron chi connectivity index (χ1n) is 12.4. The minimum absolute atomic E-state index is 0.267. The lowest BCUT2D eigenvalue weighted by Crippen LogP contribution is -2.41. The Morgan fingerprint density at radius 2 is 2.06 bits per heavy atom. The molecular formula is C27H35N3O3S. The minimum Gasteiger partial charge on any atom is -0.497 e. The van der Waals surface area contributed by atoms with Crippen molar-refractivity contribution in [1.29, 1.82) is 0 Å². The van der Waals surface area contributed by atoms with Gasteiger partial charge in [-0.15, -0.1) is 11.3 Å². The highest BCUT2D eigenvalue weighted by atomic mass is 32.1. The molecule has 3 aromatic rings. The maximum Gasteiger partial charge on any atom is 0.303 e. The summed E-state index contributed by atoms with van der Waals surface area (Å²) >= 11 is 1.73. The molecule has 1 saturated heterocycles. The van der Waals surface area contributed by atoms with Gasteiger partial charge >= 0.3 is 5.97 Å². The monoisotopic (exact) mass is 481 g/mol. The summed E-state index contributed by atoms with van der Waals surface area (Å²) in [6, 6.07) is 8.17. The van der Waals surface area contributed by atoms with Crippen LogP contribution in [0.3, 0.4) is 0 Å².